The summed E-state index contributed by atoms with van der Waals surface area (Å²) >= 11 is 0. The normalized spacial score (nSPS) is 16.3. The molecular weight excluding hydrogens is 272 g/mol. The topological polar surface area (TPSA) is 156 Å². The maximum atomic E-state index is 9.77. The molecule has 0 amide bonds. The van der Waals surface area contributed by atoms with Gasteiger partial charge < -0.3 is 30.6 Å². The average Bonchev–Trinajstić information content (AvgIpc) is 2.39. The third-order valence-corrected chi connectivity index (χ3v) is 2.69. The van der Waals surface area contributed by atoms with E-state index in [1.54, 1.807) is 0 Å². The van der Waals surface area contributed by atoms with Gasteiger partial charge in [0, 0.05) is 12.5 Å². The number of carboxylic acid groups (broad SMARTS) is 2. The molecule has 8 heteroatoms. The van der Waals surface area contributed by atoms with Gasteiger partial charge in [0.05, 0.1) is 6.10 Å². The van der Waals surface area contributed by atoms with E-state index in [4.69, 9.17) is 25.5 Å². The predicted octanol–water partition coefficient (Wildman–Crippen LogP) is -0.957. The van der Waals surface area contributed by atoms with Crippen LogP contribution < -0.4 is 0 Å². The summed E-state index contributed by atoms with van der Waals surface area (Å²) < 4.78 is 0. The number of hydrogen-bond acceptors (Lipinski definition) is 6. The van der Waals surface area contributed by atoms with Crippen LogP contribution in [0.2, 0.25) is 0 Å². The van der Waals surface area contributed by atoms with Gasteiger partial charge in [-0.3, -0.25) is 0 Å². The lowest BCUT2D eigenvalue weighted by Gasteiger charge is -2.17. The first kappa shape index (κ1) is 21.1. The Kier molecular flexibility index (Phi) is 12.2. The molecule has 8 nitrogen and oxygen atoms in total. The fourth-order valence-electron chi connectivity index (χ4n) is 1.32. The molecule has 0 bridgehead atoms. The third kappa shape index (κ3) is 8.81. The minimum atomic E-state index is -2.27. The molecule has 0 spiro atoms. The average molecular weight is 296 g/mol. The summed E-state index contributed by atoms with van der Waals surface area (Å²) in [5.74, 6) is -3.45. The summed E-state index contributed by atoms with van der Waals surface area (Å²) in [6.07, 6.45) is -2.19. The highest BCUT2D eigenvalue weighted by Crippen LogP contribution is 2.12. The van der Waals surface area contributed by atoms with E-state index in [-0.39, 0.29) is 18.6 Å². The van der Waals surface area contributed by atoms with Gasteiger partial charge in [0.2, 0.25) is 0 Å². The first-order valence-electron chi connectivity index (χ1n) is 6.33. The van der Waals surface area contributed by atoms with Gasteiger partial charge in [-0.2, -0.15) is 0 Å². The molecule has 0 aromatic carbocycles. The molecule has 0 saturated carbocycles. The summed E-state index contributed by atoms with van der Waals surface area (Å²) in [5, 5.41) is 50.6. The maximum absolute atomic E-state index is 9.77. The Morgan fingerprint density at radius 1 is 0.950 bits per heavy atom. The van der Waals surface area contributed by atoms with Crippen LogP contribution in [0.5, 0.6) is 0 Å². The maximum Gasteiger partial charge on any atom is 0.335 e. The minimum Gasteiger partial charge on any atom is -0.479 e. The molecule has 0 fully saturated rings. The molecule has 0 rings (SSSR count). The van der Waals surface area contributed by atoms with Crippen LogP contribution in [-0.4, -0.2) is 67.5 Å². The highest BCUT2D eigenvalue weighted by Gasteiger charge is 2.29. The Balaban J connectivity index is 0. The molecule has 4 atom stereocenters. The van der Waals surface area contributed by atoms with Crippen molar-refractivity contribution in [1.29, 1.82) is 0 Å². The molecule has 120 valence electrons. The lowest BCUT2D eigenvalue weighted by Crippen LogP contribution is -2.39. The Morgan fingerprint density at radius 2 is 1.35 bits per heavy atom. The Morgan fingerprint density at radius 3 is 1.55 bits per heavy atom. The number of hydrogen-bond donors (Lipinski definition) is 6. The van der Waals surface area contributed by atoms with Gasteiger partial charge in [0.1, 0.15) is 0 Å². The van der Waals surface area contributed by atoms with E-state index < -0.39 is 24.1 Å². The second-order valence-electron chi connectivity index (χ2n) is 4.27. The monoisotopic (exact) mass is 296 g/mol. The van der Waals surface area contributed by atoms with E-state index in [0.717, 1.165) is 19.3 Å². The first-order valence-corrected chi connectivity index (χ1v) is 6.33. The predicted molar refractivity (Wildman–Crippen MR) is 69.1 cm³/mol. The summed E-state index contributed by atoms with van der Waals surface area (Å²) in [5.41, 5.74) is 0. The van der Waals surface area contributed by atoms with E-state index in [2.05, 4.69) is 0 Å². The van der Waals surface area contributed by atoms with Crippen molar-refractivity contribution < 1.29 is 40.2 Å². The number of carbonyl (C=O) groups is 2. The number of aliphatic hydroxyl groups excluding tert-OH is 4. The van der Waals surface area contributed by atoms with Gasteiger partial charge in [-0.15, -0.1) is 0 Å². The molecule has 0 heterocycles. The lowest BCUT2D eigenvalue weighted by molar-refractivity contribution is -0.165. The summed E-state index contributed by atoms with van der Waals surface area (Å²) in [4.78, 5) is 19.5. The molecule has 0 aromatic rings. The zero-order valence-electron chi connectivity index (χ0n) is 11.6. The molecule has 6 N–H and O–H groups in total. The molecule has 0 aliphatic rings. The van der Waals surface area contributed by atoms with Gasteiger partial charge >= 0.3 is 11.9 Å². The van der Waals surface area contributed by atoms with Gasteiger partial charge in [-0.25, -0.2) is 9.59 Å². The molecular formula is C12H24O8. The van der Waals surface area contributed by atoms with E-state index in [1.165, 1.54) is 0 Å². The highest BCUT2D eigenvalue weighted by atomic mass is 16.4. The molecule has 0 saturated heterocycles. The van der Waals surface area contributed by atoms with Crippen molar-refractivity contribution in [1.82, 2.24) is 0 Å². The quantitative estimate of drug-likeness (QED) is 0.334. The Bertz CT molecular complexity index is 259. The van der Waals surface area contributed by atoms with Crippen LogP contribution >= 0.6 is 0 Å². The second kappa shape index (κ2) is 11.6. The summed E-state index contributed by atoms with van der Waals surface area (Å²) in [6.45, 7) is 4.13. The van der Waals surface area contributed by atoms with Crippen molar-refractivity contribution >= 4 is 11.9 Å². The van der Waals surface area contributed by atoms with Crippen LogP contribution in [0.3, 0.4) is 0 Å². The molecule has 0 aliphatic carbocycles. The van der Waals surface area contributed by atoms with Crippen LogP contribution in [0.1, 0.15) is 33.1 Å². The third-order valence-electron chi connectivity index (χ3n) is 2.69. The number of rotatable bonds is 8. The van der Waals surface area contributed by atoms with Crippen LogP contribution in [0.4, 0.5) is 0 Å². The van der Waals surface area contributed by atoms with E-state index in [9.17, 15) is 14.7 Å². The van der Waals surface area contributed by atoms with E-state index in [1.807, 2.05) is 13.8 Å². The zero-order chi connectivity index (χ0) is 16.3. The first-order chi connectivity index (χ1) is 9.22. The van der Waals surface area contributed by atoms with Gasteiger partial charge in [0.25, 0.3) is 0 Å². The van der Waals surface area contributed by atoms with E-state index in [0.29, 0.717) is 0 Å². The van der Waals surface area contributed by atoms with Crippen LogP contribution in [0, 0.1) is 5.92 Å². The second-order valence-corrected chi connectivity index (χ2v) is 4.27. The zero-order valence-corrected chi connectivity index (χ0v) is 11.6. The van der Waals surface area contributed by atoms with Crippen molar-refractivity contribution in [2.45, 2.75) is 51.4 Å². The smallest absolute Gasteiger partial charge is 0.335 e. The largest absolute Gasteiger partial charge is 0.479 e. The summed E-state index contributed by atoms with van der Waals surface area (Å²) in [7, 11) is 0. The fraction of sp³-hybridized carbons (Fsp3) is 0.833. The molecule has 0 aliphatic heterocycles. The van der Waals surface area contributed by atoms with Crippen molar-refractivity contribution in [3.63, 3.8) is 0 Å². The Labute approximate surface area is 117 Å². The Hall–Kier alpha value is -1.22. The standard InChI is InChI=1S/C8H18O2.C4H6O6/c1-3-5-8(10)7(4-2)6-9;5-1(3(7)8)2(6)4(9)10/h7-10H,3-6H2,1-2H3;1-2,5-6H,(H,7,8)(H,9,10). The van der Waals surface area contributed by atoms with E-state index >= 15 is 0 Å². The van der Waals surface area contributed by atoms with Gasteiger partial charge in [0.15, 0.2) is 12.2 Å². The molecule has 4 unspecified atom stereocenters. The van der Waals surface area contributed by atoms with Gasteiger partial charge in [-0.1, -0.05) is 20.3 Å². The summed E-state index contributed by atoms with van der Waals surface area (Å²) in [6, 6.07) is 0. The SMILES string of the molecule is CCCC(O)C(CC)CO.O=C(O)C(O)C(O)C(=O)O. The minimum absolute atomic E-state index is 0.0833. The van der Waals surface area contributed by atoms with Crippen LogP contribution in [0.25, 0.3) is 0 Å². The molecule has 0 radical (unpaired) electrons. The highest BCUT2D eigenvalue weighted by molar-refractivity contribution is 5.83. The van der Waals surface area contributed by atoms with Crippen molar-refractivity contribution in [3.05, 3.63) is 0 Å². The van der Waals surface area contributed by atoms with Gasteiger partial charge in [-0.05, 0) is 12.8 Å². The van der Waals surface area contributed by atoms with Crippen molar-refractivity contribution in [2.75, 3.05) is 6.61 Å². The number of aliphatic hydroxyl groups is 4. The molecule has 0 aromatic heterocycles. The van der Waals surface area contributed by atoms with Crippen LogP contribution in [0.15, 0.2) is 0 Å². The number of carboxylic acids is 2. The fourth-order valence-corrected chi connectivity index (χ4v) is 1.32. The lowest BCUT2D eigenvalue weighted by atomic mass is 9.97. The number of aliphatic carboxylic acids is 2. The van der Waals surface area contributed by atoms with Crippen molar-refractivity contribution in [3.8, 4) is 0 Å². The van der Waals surface area contributed by atoms with Crippen LogP contribution in [-0.2, 0) is 9.59 Å². The molecule has 20 heavy (non-hydrogen) atoms. The van der Waals surface area contributed by atoms with Crippen molar-refractivity contribution in [2.24, 2.45) is 5.92 Å².